The van der Waals surface area contributed by atoms with Gasteiger partial charge in [0.25, 0.3) is 0 Å². The van der Waals surface area contributed by atoms with Gasteiger partial charge in [0.1, 0.15) is 5.60 Å². The van der Waals surface area contributed by atoms with Crippen LogP contribution in [0, 0.1) is 11.8 Å². The van der Waals surface area contributed by atoms with Crippen molar-refractivity contribution < 1.29 is 22.7 Å². The van der Waals surface area contributed by atoms with Crippen LogP contribution in [0.3, 0.4) is 0 Å². The first-order chi connectivity index (χ1) is 15.9. The minimum Gasteiger partial charge on any atom is -0.444 e. The van der Waals surface area contributed by atoms with Crippen LogP contribution < -0.4 is 10.5 Å². The quantitative estimate of drug-likeness (QED) is 0.571. The van der Waals surface area contributed by atoms with E-state index in [0.29, 0.717) is 38.4 Å². The molecule has 190 valence electrons. The van der Waals surface area contributed by atoms with Crippen molar-refractivity contribution in [1.82, 2.24) is 9.62 Å². The summed E-state index contributed by atoms with van der Waals surface area (Å²) in [5.74, 6) is -0.0935. The summed E-state index contributed by atoms with van der Waals surface area (Å²) in [6.45, 7) is 6.92. The second-order valence-corrected chi connectivity index (χ2v) is 12.4. The van der Waals surface area contributed by atoms with Crippen LogP contribution in [0.25, 0.3) is 0 Å². The number of amides is 2. The van der Waals surface area contributed by atoms with Gasteiger partial charge < -0.3 is 15.4 Å². The van der Waals surface area contributed by atoms with Gasteiger partial charge in [-0.2, -0.15) is 0 Å². The van der Waals surface area contributed by atoms with Crippen molar-refractivity contribution in [2.24, 2.45) is 17.6 Å². The number of primary amides is 1. The van der Waals surface area contributed by atoms with Crippen molar-refractivity contribution in [3.63, 3.8) is 0 Å². The average Bonchev–Trinajstić information content (AvgIpc) is 3.29. The maximum Gasteiger partial charge on any atom is 0.410 e. The van der Waals surface area contributed by atoms with Gasteiger partial charge in [-0.15, -0.1) is 0 Å². The maximum absolute atomic E-state index is 12.8. The van der Waals surface area contributed by atoms with Crippen LogP contribution >= 0.6 is 0 Å². The molecule has 2 amide bonds. The summed E-state index contributed by atoms with van der Waals surface area (Å²) in [5.41, 5.74) is 5.89. The van der Waals surface area contributed by atoms with Gasteiger partial charge in [-0.25, -0.2) is 17.9 Å². The average molecular weight is 494 g/mol. The smallest absolute Gasteiger partial charge is 0.410 e. The first kappa shape index (κ1) is 26.5. The van der Waals surface area contributed by atoms with E-state index < -0.39 is 15.6 Å². The molecule has 1 aromatic carbocycles. The molecule has 0 spiro atoms. The number of carbonyl (C=O) groups excluding carboxylic acids is 2. The number of nitrogens with zero attached hydrogens (tertiary/aromatic N) is 1. The Hall–Kier alpha value is -2.13. The molecule has 1 heterocycles. The molecule has 0 radical (unpaired) electrons. The summed E-state index contributed by atoms with van der Waals surface area (Å²) < 4.78 is 33.7. The molecule has 1 saturated carbocycles. The maximum atomic E-state index is 12.8. The van der Waals surface area contributed by atoms with Gasteiger partial charge in [-0.05, 0) is 69.6 Å². The Morgan fingerprint density at radius 3 is 2.18 bits per heavy atom. The van der Waals surface area contributed by atoms with E-state index in [1.807, 2.05) is 20.8 Å². The monoisotopic (exact) mass is 493 g/mol. The van der Waals surface area contributed by atoms with Crippen LogP contribution in [0.15, 0.2) is 29.2 Å². The largest absolute Gasteiger partial charge is 0.444 e. The van der Waals surface area contributed by atoms with Crippen molar-refractivity contribution in [2.75, 3.05) is 19.6 Å². The molecule has 1 aromatic rings. The zero-order valence-corrected chi connectivity index (χ0v) is 21.4. The van der Waals surface area contributed by atoms with Crippen LogP contribution in [0.4, 0.5) is 4.79 Å². The topological polar surface area (TPSA) is 119 Å². The lowest BCUT2D eigenvalue weighted by molar-refractivity contribution is -0.119. The number of carbonyl (C=O) groups is 2. The normalized spacial score (nSPS) is 19.2. The van der Waals surface area contributed by atoms with Crippen molar-refractivity contribution in [1.29, 1.82) is 0 Å². The number of hydrogen-bond acceptors (Lipinski definition) is 5. The highest BCUT2D eigenvalue weighted by Crippen LogP contribution is 2.34. The molecular weight excluding hydrogens is 454 g/mol. The highest BCUT2D eigenvalue weighted by molar-refractivity contribution is 7.89. The number of nitrogens with two attached hydrogens (primary N) is 1. The number of piperidine rings is 1. The summed E-state index contributed by atoms with van der Waals surface area (Å²) in [7, 11) is -3.67. The summed E-state index contributed by atoms with van der Waals surface area (Å²) in [4.78, 5) is 26.1. The Labute approximate surface area is 203 Å². The fourth-order valence-electron chi connectivity index (χ4n) is 4.83. The van der Waals surface area contributed by atoms with E-state index in [0.717, 1.165) is 24.8 Å². The molecule has 0 aromatic heterocycles. The van der Waals surface area contributed by atoms with E-state index in [4.69, 9.17) is 10.5 Å². The molecule has 1 aliphatic heterocycles. The van der Waals surface area contributed by atoms with Crippen molar-refractivity contribution >= 4 is 22.0 Å². The van der Waals surface area contributed by atoms with Gasteiger partial charge in [0, 0.05) is 19.6 Å². The molecule has 1 aliphatic carbocycles. The highest BCUT2D eigenvalue weighted by atomic mass is 32.2. The molecule has 34 heavy (non-hydrogen) atoms. The Kier molecular flexibility index (Phi) is 8.62. The van der Waals surface area contributed by atoms with Gasteiger partial charge in [-0.1, -0.05) is 37.8 Å². The predicted molar refractivity (Wildman–Crippen MR) is 131 cm³/mol. The van der Waals surface area contributed by atoms with Gasteiger partial charge in [-0.3, -0.25) is 4.79 Å². The lowest BCUT2D eigenvalue weighted by atomic mass is 9.87. The van der Waals surface area contributed by atoms with Gasteiger partial charge in [0.05, 0.1) is 10.8 Å². The molecule has 1 atom stereocenters. The Bertz CT molecular complexity index is 942. The van der Waals surface area contributed by atoms with Crippen molar-refractivity contribution in [2.45, 2.75) is 82.1 Å². The van der Waals surface area contributed by atoms with Crippen LogP contribution in [0.5, 0.6) is 0 Å². The van der Waals surface area contributed by atoms with Crippen molar-refractivity contribution in [3.8, 4) is 0 Å². The third-order valence-corrected chi connectivity index (χ3v) is 8.25. The molecule has 0 bridgehead atoms. The molecule has 1 saturated heterocycles. The lowest BCUT2D eigenvalue weighted by Gasteiger charge is -2.33. The number of sulfonamides is 1. The molecular formula is C25H39N3O5S. The summed E-state index contributed by atoms with van der Waals surface area (Å²) in [5, 5.41) is 0. The minimum absolute atomic E-state index is 0.151. The van der Waals surface area contributed by atoms with E-state index in [1.165, 1.54) is 12.8 Å². The van der Waals surface area contributed by atoms with Gasteiger partial charge >= 0.3 is 6.09 Å². The molecule has 2 aliphatic rings. The van der Waals surface area contributed by atoms with E-state index in [-0.39, 0.29) is 28.7 Å². The summed E-state index contributed by atoms with van der Waals surface area (Å²) >= 11 is 0. The molecule has 3 N–H and O–H groups in total. The van der Waals surface area contributed by atoms with E-state index in [9.17, 15) is 18.0 Å². The zero-order chi connectivity index (χ0) is 24.9. The Morgan fingerprint density at radius 2 is 1.65 bits per heavy atom. The number of hydrogen-bond donors (Lipinski definition) is 2. The van der Waals surface area contributed by atoms with E-state index in [1.54, 1.807) is 29.2 Å². The van der Waals surface area contributed by atoms with Gasteiger partial charge in [0.15, 0.2) is 0 Å². The summed E-state index contributed by atoms with van der Waals surface area (Å²) in [6.07, 6.45) is 6.45. The number of rotatable bonds is 8. The molecule has 8 nitrogen and oxygen atoms in total. The summed E-state index contributed by atoms with van der Waals surface area (Å²) in [6, 6.07) is 6.51. The highest BCUT2D eigenvalue weighted by Gasteiger charge is 2.28. The Morgan fingerprint density at radius 1 is 1.06 bits per heavy atom. The molecule has 2 fully saturated rings. The van der Waals surface area contributed by atoms with Crippen LogP contribution in [0.2, 0.25) is 0 Å². The van der Waals surface area contributed by atoms with E-state index in [2.05, 4.69) is 4.72 Å². The second-order valence-electron chi connectivity index (χ2n) is 10.7. The first-order valence-electron chi connectivity index (χ1n) is 12.3. The van der Waals surface area contributed by atoms with E-state index >= 15 is 0 Å². The molecule has 1 unspecified atom stereocenters. The molecule has 3 rings (SSSR count). The van der Waals surface area contributed by atoms with Crippen LogP contribution in [-0.2, 0) is 19.6 Å². The third kappa shape index (κ3) is 7.43. The van der Waals surface area contributed by atoms with Crippen LogP contribution in [-0.4, -0.2) is 50.6 Å². The zero-order valence-electron chi connectivity index (χ0n) is 20.6. The van der Waals surface area contributed by atoms with Crippen molar-refractivity contribution in [3.05, 3.63) is 29.8 Å². The van der Waals surface area contributed by atoms with Crippen LogP contribution in [0.1, 0.15) is 77.2 Å². The lowest BCUT2D eigenvalue weighted by Crippen LogP contribution is -2.43. The first-order valence-corrected chi connectivity index (χ1v) is 13.8. The SMILES string of the molecule is CC(C)(C)OC(=O)N1CCC(CNS(=O)(=O)c2ccc(C(CC3CCCC3)C(N)=O)cc2)CC1. The predicted octanol–water partition coefficient (Wildman–Crippen LogP) is 3.76. The number of ether oxygens (including phenoxy) is 1. The third-order valence-electron chi connectivity index (χ3n) is 6.81. The molecule has 9 heteroatoms. The standard InChI is InChI=1S/C25H39N3O5S/c1-25(2,3)33-24(30)28-14-12-19(13-15-28)17-27-34(31,32)21-10-8-20(9-11-21)22(23(26)29)16-18-6-4-5-7-18/h8-11,18-19,22,27H,4-7,12-17H2,1-3H3,(H2,26,29). The number of likely N-dealkylation sites (tertiary alicyclic amines) is 1. The second kappa shape index (κ2) is 11.1. The number of benzene rings is 1. The van der Waals surface area contributed by atoms with Gasteiger partial charge in [0.2, 0.25) is 15.9 Å². The Balaban J connectivity index is 1.52. The fourth-order valence-corrected chi connectivity index (χ4v) is 5.95. The minimum atomic E-state index is -3.67. The fraction of sp³-hybridized carbons (Fsp3) is 0.680. The number of nitrogens with one attached hydrogen (secondary N) is 1.